The van der Waals surface area contributed by atoms with Gasteiger partial charge in [0.05, 0.1) is 5.69 Å². The van der Waals surface area contributed by atoms with E-state index in [2.05, 4.69) is 20.9 Å². The molecule has 0 spiro atoms. The molecule has 3 N–H and O–H groups in total. The molecule has 150 valence electrons. The molecule has 3 aromatic carbocycles. The van der Waals surface area contributed by atoms with Gasteiger partial charge < -0.3 is 16.0 Å². The van der Waals surface area contributed by atoms with Crippen molar-refractivity contribution in [1.29, 1.82) is 0 Å². The van der Waals surface area contributed by atoms with Crippen LogP contribution in [0.3, 0.4) is 0 Å². The van der Waals surface area contributed by atoms with Crippen LogP contribution in [0.4, 0.5) is 22.0 Å². The van der Waals surface area contributed by atoms with Crippen LogP contribution in [0, 0.1) is 6.92 Å². The van der Waals surface area contributed by atoms with Crippen molar-refractivity contribution in [3.05, 3.63) is 84.6 Å². The number of nitrogens with zero attached hydrogens (tertiary/aromatic N) is 1. The van der Waals surface area contributed by atoms with Crippen molar-refractivity contribution in [2.45, 2.75) is 13.8 Å². The maximum Gasteiger partial charge on any atom is 0.323 e. The molecule has 0 saturated heterocycles. The molecule has 0 saturated carbocycles. The predicted octanol–water partition coefficient (Wildman–Crippen LogP) is 6.29. The zero-order chi connectivity index (χ0) is 20.9. The first kappa shape index (κ1) is 19.5. The van der Waals surface area contributed by atoms with E-state index in [1.54, 1.807) is 6.20 Å². The van der Waals surface area contributed by atoms with E-state index < -0.39 is 0 Å². The number of hydrogen-bond donors (Lipinski definition) is 3. The van der Waals surface area contributed by atoms with Crippen molar-refractivity contribution in [3.8, 4) is 11.1 Å². The summed E-state index contributed by atoms with van der Waals surface area (Å²) in [5.41, 5.74) is 4.80. The number of nitrogens with one attached hydrogen (secondary N) is 3. The number of amides is 2. The first-order valence-electron chi connectivity index (χ1n) is 10.0. The van der Waals surface area contributed by atoms with Gasteiger partial charge in [-0.2, -0.15) is 0 Å². The molecule has 0 atom stereocenters. The van der Waals surface area contributed by atoms with Crippen LogP contribution in [-0.2, 0) is 0 Å². The van der Waals surface area contributed by atoms with Crippen LogP contribution in [0.5, 0.6) is 0 Å². The fourth-order valence-electron chi connectivity index (χ4n) is 3.56. The molecule has 30 heavy (non-hydrogen) atoms. The van der Waals surface area contributed by atoms with Crippen molar-refractivity contribution >= 4 is 34.0 Å². The van der Waals surface area contributed by atoms with Crippen molar-refractivity contribution < 1.29 is 4.79 Å². The summed E-state index contributed by atoms with van der Waals surface area (Å²) in [6, 6.07) is 23.5. The van der Waals surface area contributed by atoms with E-state index >= 15 is 0 Å². The molecule has 1 aromatic heterocycles. The Balaban J connectivity index is 1.51. The summed E-state index contributed by atoms with van der Waals surface area (Å²) in [6.45, 7) is 4.91. The van der Waals surface area contributed by atoms with Gasteiger partial charge in [-0.05, 0) is 66.3 Å². The first-order valence-corrected chi connectivity index (χ1v) is 10.0. The first-order chi connectivity index (χ1) is 14.6. The summed E-state index contributed by atoms with van der Waals surface area (Å²) in [7, 11) is 0. The third-order valence-electron chi connectivity index (χ3n) is 4.95. The molecule has 4 aromatic rings. The molecule has 1 heterocycles. The van der Waals surface area contributed by atoms with Gasteiger partial charge in [-0.1, -0.05) is 42.5 Å². The van der Waals surface area contributed by atoms with Gasteiger partial charge >= 0.3 is 6.03 Å². The normalized spacial score (nSPS) is 10.6. The number of benzene rings is 3. The highest BCUT2D eigenvalue weighted by Crippen LogP contribution is 2.28. The molecular formula is C25H24N4O. The second-order valence-electron chi connectivity index (χ2n) is 7.10. The summed E-state index contributed by atoms with van der Waals surface area (Å²) in [5, 5.41) is 11.2. The lowest BCUT2D eigenvalue weighted by molar-refractivity contribution is 0.262. The number of carbonyl (C=O) groups excluding carboxylic acids is 1. The maximum atomic E-state index is 12.6. The van der Waals surface area contributed by atoms with Gasteiger partial charge in [0.25, 0.3) is 0 Å². The van der Waals surface area contributed by atoms with Crippen molar-refractivity contribution in [1.82, 2.24) is 4.98 Å². The smallest absolute Gasteiger partial charge is 0.323 e. The zero-order valence-corrected chi connectivity index (χ0v) is 17.1. The van der Waals surface area contributed by atoms with E-state index in [9.17, 15) is 4.79 Å². The maximum absolute atomic E-state index is 12.6. The number of hydrogen-bond acceptors (Lipinski definition) is 3. The summed E-state index contributed by atoms with van der Waals surface area (Å²) < 4.78 is 0. The summed E-state index contributed by atoms with van der Waals surface area (Å²) in [4.78, 5) is 16.9. The molecule has 0 radical (unpaired) electrons. The fourth-order valence-corrected chi connectivity index (χ4v) is 3.56. The Hall–Kier alpha value is -3.86. The van der Waals surface area contributed by atoms with E-state index in [0.29, 0.717) is 0 Å². The van der Waals surface area contributed by atoms with Crippen LogP contribution in [0.1, 0.15) is 12.5 Å². The second-order valence-corrected chi connectivity index (χ2v) is 7.10. The molecular weight excluding hydrogens is 372 g/mol. The Morgan fingerprint density at radius 3 is 2.60 bits per heavy atom. The van der Waals surface area contributed by atoms with Gasteiger partial charge in [-0.15, -0.1) is 0 Å². The van der Waals surface area contributed by atoms with Gasteiger partial charge in [0.1, 0.15) is 5.82 Å². The SMILES string of the molecule is CCNc1cc(-c2ccc(NC(=O)Nc3cccc4ccccc34)cc2C)ccn1. The lowest BCUT2D eigenvalue weighted by atomic mass is 10.0. The van der Waals surface area contributed by atoms with Crippen LogP contribution in [0.25, 0.3) is 21.9 Å². The Labute approximate surface area is 176 Å². The second kappa shape index (κ2) is 8.66. The van der Waals surface area contributed by atoms with E-state index in [-0.39, 0.29) is 6.03 Å². The molecule has 0 unspecified atom stereocenters. The van der Waals surface area contributed by atoms with Crippen molar-refractivity contribution in [2.24, 2.45) is 0 Å². The number of carbonyl (C=O) groups is 1. The Morgan fingerprint density at radius 2 is 1.77 bits per heavy atom. The lowest BCUT2D eigenvalue weighted by Gasteiger charge is -2.13. The average molecular weight is 396 g/mol. The molecule has 0 fully saturated rings. The summed E-state index contributed by atoms with van der Waals surface area (Å²) >= 11 is 0. The third kappa shape index (κ3) is 4.25. The number of rotatable bonds is 5. The fraction of sp³-hybridized carbons (Fsp3) is 0.120. The van der Waals surface area contributed by atoms with E-state index in [1.165, 1.54) is 0 Å². The number of anilines is 3. The molecule has 5 nitrogen and oxygen atoms in total. The minimum Gasteiger partial charge on any atom is -0.370 e. The Bertz CT molecular complexity index is 1200. The molecule has 0 bridgehead atoms. The minimum atomic E-state index is -0.267. The van der Waals surface area contributed by atoms with E-state index in [0.717, 1.165) is 51.2 Å². The highest BCUT2D eigenvalue weighted by molar-refractivity contribution is 6.06. The quantitative estimate of drug-likeness (QED) is 0.372. The number of aromatic nitrogens is 1. The van der Waals surface area contributed by atoms with Gasteiger partial charge in [0.15, 0.2) is 0 Å². The van der Waals surface area contributed by atoms with Crippen LogP contribution >= 0.6 is 0 Å². The van der Waals surface area contributed by atoms with Crippen molar-refractivity contribution in [2.75, 3.05) is 22.5 Å². The largest absolute Gasteiger partial charge is 0.370 e. The molecule has 5 heteroatoms. The van der Waals surface area contributed by atoms with Crippen LogP contribution in [0.15, 0.2) is 79.0 Å². The Morgan fingerprint density at radius 1 is 0.933 bits per heavy atom. The zero-order valence-electron chi connectivity index (χ0n) is 17.1. The van der Waals surface area contributed by atoms with Crippen LogP contribution in [-0.4, -0.2) is 17.6 Å². The number of fused-ring (bicyclic) bond motifs is 1. The highest BCUT2D eigenvalue weighted by Gasteiger charge is 2.08. The van der Waals surface area contributed by atoms with Gasteiger partial charge in [0.2, 0.25) is 0 Å². The average Bonchev–Trinajstić information content (AvgIpc) is 2.74. The standard InChI is InChI=1S/C25H24N4O/c1-3-26-24-16-19(13-14-27-24)21-12-11-20(15-17(21)2)28-25(30)29-23-10-6-8-18-7-4-5-9-22(18)23/h4-16H,3H2,1-2H3,(H,26,27)(H2,28,29,30). The van der Waals surface area contributed by atoms with Gasteiger partial charge in [-0.3, -0.25) is 0 Å². The molecule has 0 aliphatic rings. The Kier molecular flexibility index (Phi) is 5.61. The lowest BCUT2D eigenvalue weighted by Crippen LogP contribution is -2.19. The summed E-state index contributed by atoms with van der Waals surface area (Å²) in [5.74, 6) is 0.853. The molecule has 0 aliphatic heterocycles. The van der Waals surface area contributed by atoms with Crippen molar-refractivity contribution in [3.63, 3.8) is 0 Å². The summed E-state index contributed by atoms with van der Waals surface area (Å²) in [6.07, 6.45) is 1.80. The molecule has 4 rings (SSSR count). The van der Waals surface area contributed by atoms with Gasteiger partial charge in [0, 0.05) is 23.8 Å². The number of urea groups is 1. The highest BCUT2D eigenvalue weighted by atomic mass is 16.2. The minimum absolute atomic E-state index is 0.267. The van der Waals surface area contributed by atoms with Crippen LogP contribution < -0.4 is 16.0 Å². The number of pyridine rings is 1. The molecule has 0 aliphatic carbocycles. The monoisotopic (exact) mass is 396 g/mol. The topological polar surface area (TPSA) is 66.0 Å². The third-order valence-corrected chi connectivity index (χ3v) is 4.95. The molecule has 2 amide bonds. The number of aryl methyl sites for hydroxylation is 1. The van der Waals surface area contributed by atoms with Crippen LogP contribution in [0.2, 0.25) is 0 Å². The van der Waals surface area contributed by atoms with Gasteiger partial charge in [-0.25, -0.2) is 9.78 Å². The van der Waals surface area contributed by atoms with E-state index in [4.69, 9.17) is 0 Å². The van der Waals surface area contributed by atoms with E-state index in [1.807, 2.05) is 86.6 Å². The predicted molar refractivity (Wildman–Crippen MR) is 125 cm³/mol.